The molecule has 3 nitrogen and oxygen atoms in total. The quantitative estimate of drug-likeness (QED) is 0.272. The van der Waals surface area contributed by atoms with Gasteiger partial charge in [-0.3, -0.25) is 0 Å². The molecule has 0 saturated heterocycles. The molecule has 1 aliphatic rings. The molecule has 1 aliphatic carbocycles. The Morgan fingerprint density at radius 2 is 1.12 bits per heavy atom. The van der Waals surface area contributed by atoms with Crippen molar-refractivity contribution in [2.75, 3.05) is 21.3 Å². The summed E-state index contributed by atoms with van der Waals surface area (Å²) in [6.45, 7) is 0. The largest absolute Gasteiger partial charge is 0.497 e. The molecule has 0 N–H and O–H groups in total. The van der Waals surface area contributed by atoms with Crippen LogP contribution < -0.4 is 14.2 Å². The van der Waals surface area contributed by atoms with Crippen LogP contribution >= 0.6 is 15.9 Å². The Morgan fingerprint density at radius 1 is 0.594 bits per heavy atom. The minimum absolute atomic E-state index is 0.530. The predicted octanol–water partition coefficient (Wildman–Crippen LogP) is 6.84. The van der Waals surface area contributed by atoms with E-state index < -0.39 is 5.41 Å². The fourth-order valence-electron chi connectivity index (χ4n) is 4.91. The SMILES string of the molecule is COc1ccc(C2(c3ccc(OC)cc3)c3cc(OC)ccc3-c3cccc(Br)c32)cc1. The molecule has 4 aromatic carbocycles. The minimum Gasteiger partial charge on any atom is -0.497 e. The van der Waals surface area contributed by atoms with Crippen LogP contribution in [0, 0.1) is 0 Å². The van der Waals surface area contributed by atoms with E-state index in [2.05, 4.69) is 70.5 Å². The van der Waals surface area contributed by atoms with E-state index in [0.29, 0.717) is 0 Å². The van der Waals surface area contributed by atoms with E-state index >= 15 is 0 Å². The van der Waals surface area contributed by atoms with Crippen molar-refractivity contribution in [1.82, 2.24) is 0 Å². The first-order chi connectivity index (χ1) is 15.6. The van der Waals surface area contributed by atoms with Crippen LogP contribution in [0.5, 0.6) is 17.2 Å². The normalized spacial score (nSPS) is 13.2. The van der Waals surface area contributed by atoms with Gasteiger partial charge in [0.05, 0.1) is 26.7 Å². The van der Waals surface area contributed by atoms with Crippen molar-refractivity contribution in [3.63, 3.8) is 0 Å². The zero-order valence-corrected chi connectivity index (χ0v) is 19.8. The standard InChI is InChI=1S/C28H23BrO3/c1-30-20-11-7-18(8-12-20)28(19-9-13-21(31-2)14-10-19)25-17-22(32-3)15-16-23(25)24-5-4-6-26(29)27(24)28/h4-17H,1-3H3. The number of hydrogen-bond donors (Lipinski definition) is 0. The van der Waals surface area contributed by atoms with E-state index in [9.17, 15) is 0 Å². The summed E-state index contributed by atoms with van der Waals surface area (Å²) in [7, 11) is 5.09. The summed E-state index contributed by atoms with van der Waals surface area (Å²) < 4.78 is 17.6. The maximum atomic E-state index is 5.65. The number of fused-ring (bicyclic) bond motifs is 3. The first-order valence-corrected chi connectivity index (χ1v) is 11.2. The molecule has 0 bridgehead atoms. The molecule has 0 atom stereocenters. The molecule has 0 fully saturated rings. The molecule has 0 amide bonds. The van der Waals surface area contributed by atoms with Gasteiger partial charge in [0.15, 0.2) is 0 Å². The first-order valence-electron chi connectivity index (χ1n) is 10.4. The van der Waals surface area contributed by atoms with E-state index in [0.717, 1.165) is 32.8 Å². The third-order valence-electron chi connectivity index (χ3n) is 6.36. The van der Waals surface area contributed by atoms with Gasteiger partial charge in [-0.1, -0.05) is 58.4 Å². The van der Waals surface area contributed by atoms with Gasteiger partial charge < -0.3 is 14.2 Å². The second-order valence-electron chi connectivity index (χ2n) is 7.78. The zero-order chi connectivity index (χ0) is 22.3. The summed E-state index contributed by atoms with van der Waals surface area (Å²) in [5.41, 5.74) is 6.61. The van der Waals surface area contributed by atoms with Crippen molar-refractivity contribution in [2.24, 2.45) is 0 Å². The van der Waals surface area contributed by atoms with Gasteiger partial charge in [0.2, 0.25) is 0 Å². The summed E-state index contributed by atoms with van der Waals surface area (Å²) in [5, 5.41) is 0. The Hall–Kier alpha value is -3.24. The van der Waals surface area contributed by atoms with Crippen molar-refractivity contribution in [2.45, 2.75) is 5.41 Å². The van der Waals surface area contributed by atoms with Crippen LogP contribution in [0.25, 0.3) is 11.1 Å². The number of benzene rings is 4. The topological polar surface area (TPSA) is 27.7 Å². The van der Waals surface area contributed by atoms with Gasteiger partial charge in [-0.25, -0.2) is 0 Å². The van der Waals surface area contributed by atoms with E-state index in [1.807, 2.05) is 30.3 Å². The molecule has 0 aliphatic heterocycles. The van der Waals surface area contributed by atoms with Crippen LogP contribution in [0.15, 0.2) is 89.4 Å². The van der Waals surface area contributed by atoms with Gasteiger partial charge in [0.1, 0.15) is 17.2 Å². The third-order valence-corrected chi connectivity index (χ3v) is 7.02. The van der Waals surface area contributed by atoms with E-state index in [-0.39, 0.29) is 0 Å². The maximum Gasteiger partial charge on any atom is 0.119 e. The Morgan fingerprint density at radius 3 is 1.66 bits per heavy atom. The Bertz CT molecular complexity index is 1230. The van der Waals surface area contributed by atoms with Gasteiger partial charge in [-0.05, 0) is 75.8 Å². The highest BCUT2D eigenvalue weighted by Crippen LogP contribution is 2.58. The molecule has 160 valence electrons. The number of halogens is 1. The molecule has 32 heavy (non-hydrogen) atoms. The average molecular weight is 487 g/mol. The molecule has 0 unspecified atom stereocenters. The summed E-state index contributed by atoms with van der Waals surface area (Å²) in [4.78, 5) is 0. The molecule has 0 radical (unpaired) electrons. The minimum atomic E-state index is -0.530. The van der Waals surface area contributed by atoms with Crippen molar-refractivity contribution in [3.8, 4) is 28.4 Å². The van der Waals surface area contributed by atoms with Crippen LogP contribution in [0.2, 0.25) is 0 Å². The van der Waals surface area contributed by atoms with E-state index in [1.165, 1.54) is 22.3 Å². The summed E-state index contributed by atoms with van der Waals surface area (Å²) in [5.74, 6) is 2.49. The lowest BCUT2D eigenvalue weighted by molar-refractivity contribution is 0.413. The lowest BCUT2D eigenvalue weighted by Gasteiger charge is -2.34. The van der Waals surface area contributed by atoms with Crippen molar-refractivity contribution in [1.29, 1.82) is 0 Å². The summed E-state index contributed by atoms with van der Waals surface area (Å²) >= 11 is 3.89. The summed E-state index contributed by atoms with van der Waals surface area (Å²) in [6.07, 6.45) is 0. The second-order valence-corrected chi connectivity index (χ2v) is 8.64. The maximum absolute atomic E-state index is 5.65. The lowest BCUT2D eigenvalue weighted by Crippen LogP contribution is -2.29. The molecule has 4 aromatic rings. The number of rotatable bonds is 5. The fourth-order valence-corrected chi connectivity index (χ4v) is 5.57. The number of ether oxygens (including phenoxy) is 3. The van der Waals surface area contributed by atoms with Gasteiger partial charge in [-0.15, -0.1) is 0 Å². The van der Waals surface area contributed by atoms with Crippen molar-refractivity contribution >= 4 is 15.9 Å². The monoisotopic (exact) mass is 486 g/mol. The molecule has 0 heterocycles. The lowest BCUT2D eigenvalue weighted by atomic mass is 9.67. The molecule has 0 saturated carbocycles. The molecular weight excluding hydrogens is 464 g/mol. The highest BCUT2D eigenvalue weighted by molar-refractivity contribution is 9.10. The van der Waals surface area contributed by atoms with Gasteiger partial charge in [-0.2, -0.15) is 0 Å². The second kappa shape index (κ2) is 8.03. The predicted molar refractivity (Wildman–Crippen MR) is 131 cm³/mol. The van der Waals surface area contributed by atoms with Crippen LogP contribution in [0.3, 0.4) is 0 Å². The van der Waals surface area contributed by atoms with Gasteiger partial charge in [0, 0.05) is 4.47 Å². The molecule has 0 spiro atoms. The molecular formula is C28H23BrO3. The Kier molecular flexibility index (Phi) is 5.18. The Balaban J connectivity index is 1.93. The highest BCUT2D eigenvalue weighted by atomic mass is 79.9. The highest BCUT2D eigenvalue weighted by Gasteiger charge is 2.47. The third kappa shape index (κ3) is 2.94. The van der Waals surface area contributed by atoms with Gasteiger partial charge >= 0.3 is 0 Å². The van der Waals surface area contributed by atoms with Crippen molar-refractivity contribution < 1.29 is 14.2 Å². The number of hydrogen-bond acceptors (Lipinski definition) is 3. The van der Waals surface area contributed by atoms with Crippen LogP contribution in [-0.2, 0) is 5.41 Å². The van der Waals surface area contributed by atoms with Crippen LogP contribution in [-0.4, -0.2) is 21.3 Å². The van der Waals surface area contributed by atoms with Gasteiger partial charge in [0.25, 0.3) is 0 Å². The molecule has 4 heteroatoms. The first kappa shape index (κ1) is 20.7. The average Bonchev–Trinajstić information content (AvgIpc) is 3.15. The smallest absolute Gasteiger partial charge is 0.119 e. The van der Waals surface area contributed by atoms with E-state index in [1.54, 1.807) is 21.3 Å². The van der Waals surface area contributed by atoms with Crippen LogP contribution in [0.4, 0.5) is 0 Å². The van der Waals surface area contributed by atoms with E-state index in [4.69, 9.17) is 14.2 Å². The number of methoxy groups -OCH3 is 3. The van der Waals surface area contributed by atoms with Crippen molar-refractivity contribution in [3.05, 3.63) is 112 Å². The molecule has 0 aromatic heterocycles. The fraction of sp³-hybridized carbons (Fsp3) is 0.143. The molecule has 5 rings (SSSR count). The van der Waals surface area contributed by atoms with Crippen LogP contribution in [0.1, 0.15) is 22.3 Å². The summed E-state index contributed by atoms with van der Waals surface area (Å²) in [6, 6.07) is 29.5. The zero-order valence-electron chi connectivity index (χ0n) is 18.2. The Labute approximate surface area is 196 Å².